The summed E-state index contributed by atoms with van der Waals surface area (Å²) in [5, 5.41) is 8.48. The van der Waals surface area contributed by atoms with Gasteiger partial charge in [0.1, 0.15) is 0 Å². The summed E-state index contributed by atoms with van der Waals surface area (Å²) >= 11 is 0. The summed E-state index contributed by atoms with van der Waals surface area (Å²) in [7, 11) is 0. The first-order valence-corrected chi connectivity index (χ1v) is 9.13. The lowest BCUT2D eigenvalue weighted by molar-refractivity contribution is -0.137. The maximum absolute atomic E-state index is 10.9. The number of aryl methyl sites for hydroxylation is 1. The predicted molar refractivity (Wildman–Crippen MR) is 105 cm³/mol. The minimum absolute atomic E-state index is 0.336. The lowest BCUT2D eigenvalue weighted by Gasteiger charge is -2.04. The molecule has 0 unspecified atom stereocenters. The zero-order chi connectivity index (χ0) is 18.5. The first kappa shape index (κ1) is 19.6. The van der Waals surface area contributed by atoms with Crippen molar-refractivity contribution in [3.05, 3.63) is 72.8 Å². The van der Waals surface area contributed by atoms with Crippen LogP contribution in [0.15, 0.2) is 77.5 Å². The van der Waals surface area contributed by atoms with Gasteiger partial charge in [0.25, 0.3) is 0 Å². The first-order valence-electron chi connectivity index (χ1n) is 9.13. The molecule has 0 aliphatic heterocycles. The molecule has 0 fully saturated rings. The highest BCUT2D eigenvalue weighted by molar-refractivity contribution is 5.81. The molecule has 0 aliphatic rings. The van der Waals surface area contributed by atoms with E-state index in [2.05, 4.69) is 28.9 Å². The average Bonchev–Trinajstić information content (AvgIpc) is 2.70. The number of azo groups is 1. The van der Waals surface area contributed by atoms with Crippen molar-refractivity contribution in [2.45, 2.75) is 38.5 Å². The van der Waals surface area contributed by atoms with Crippen LogP contribution in [0.4, 0.5) is 11.4 Å². The van der Waals surface area contributed by atoms with Gasteiger partial charge in [0, 0.05) is 6.08 Å². The van der Waals surface area contributed by atoms with Gasteiger partial charge in [0.2, 0.25) is 0 Å². The average molecular weight is 350 g/mol. The van der Waals surface area contributed by atoms with Gasteiger partial charge in [-0.1, -0.05) is 56.2 Å². The number of rotatable bonds is 11. The maximum atomic E-state index is 10.9. The summed E-state index contributed by atoms with van der Waals surface area (Å²) in [4.78, 5) is 10.9. The summed E-state index contributed by atoms with van der Waals surface area (Å²) in [6, 6.07) is 18.0. The Balaban J connectivity index is 1.60. The van der Waals surface area contributed by atoms with Gasteiger partial charge >= 0.3 is 5.97 Å². The Morgan fingerprint density at radius 3 is 2.15 bits per heavy atom. The zero-order valence-corrected chi connectivity index (χ0v) is 15.1. The number of nitrogens with zero attached hydrogens (tertiary/aromatic N) is 2. The van der Waals surface area contributed by atoms with Crippen LogP contribution in [-0.4, -0.2) is 12.6 Å². The quantitative estimate of drug-likeness (QED) is 0.206. The minimum Gasteiger partial charge on any atom is -0.463 e. The molecule has 0 radical (unpaired) electrons. The van der Waals surface area contributed by atoms with Crippen LogP contribution in [0, 0.1) is 0 Å². The summed E-state index contributed by atoms with van der Waals surface area (Å²) in [5.41, 5.74) is 3.05. The Hall–Kier alpha value is -2.75. The minimum atomic E-state index is -0.336. The van der Waals surface area contributed by atoms with E-state index in [-0.39, 0.29) is 5.97 Å². The second kappa shape index (κ2) is 11.7. The van der Waals surface area contributed by atoms with Crippen LogP contribution >= 0.6 is 0 Å². The molecule has 4 heteroatoms. The first-order chi connectivity index (χ1) is 12.8. The molecule has 2 rings (SSSR count). The van der Waals surface area contributed by atoms with Crippen molar-refractivity contribution in [2.75, 3.05) is 6.61 Å². The number of esters is 1. The van der Waals surface area contributed by atoms with E-state index in [0.29, 0.717) is 6.61 Å². The molecule has 26 heavy (non-hydrogen) atoms. The van der Waals surface area contributed by atoms with Crippen molar-refractivity contribution in [2.24, 2.45) is 10.2 Å². The lowest BCUT2D eigenvalue weighted by Crippen LogP contribution is -2.01. The van der Waals surface area contributed by atoms with Crippen LogP contribution in [0.5, 0.6) is 0 Å². The van der Waals surface area contributed by atoms with Gasteiger partial charge in [0.15, 0.2) is 0 Å². The highest BCUT2D eigenvalue weighted by Crippen LogP contribution is 2.19. The smallest absolute Gasteiger partial charge is 0.330 e. The van der Waals surface area contributed by atoms with Gasteiger partial charge in [0.05, 0.1) is 18.0 Å². The molecule has 0 aromatic heterocycles. The molecule has 136 valence electrons. The van der Waals surface area contributed by atoms with Crippen molar-refractivity contribution >= 4 is 17.3 Å². The fourth-order valence-electron chi connectivity index (χ4n) is 2.53. The number of hydrogen-bond acceptors (Lipinski definition) is 4. The zero-order valence-electron chi connectivity index (χ0n) is 15.1. The normalized spacial score (nSPS) is 10.8. The van der Waals surface area contributed by atoms with Gasteiger partial charge in [-0.15, -0.1) is 0 Å². The third-order valence-corrected chi connectivity index (χ3v) is 3.99. The molecular weight excluding hydrogens is 324 g/mol. The van der Waals surface area contributed by atoms with E-state index in [1.54, 1.807) is 0 Å². The monoisotopic (exact) mass is 350 g/mol. The maximum Gasteiger partial charge on any atom is 0.330 e. The fraction of sp³-hybridized carbons (Fsp3) is 0.318. The number of hydrogen-bond donors (Lipinski definition) is 0. The van der Waals surface area contributed by atoms with Gasteiger partial charge in [-0.05, 0) is 49.1 Å². The molecule has 0 N–H and O–H groups in total. The van der Waals surface area contributed by atoms with Gasteiger partial charge < -0.3 is 4.74 Å². The molecule has 0 bridgehead atoms. The molecule has 2 aromatic carbocycles. The van der Waals surface area contributed by atoms with Crippen molar-refractivity contribution in [3.63, 3.8) is 0 Å². The molecule has 2 aromatic rings. The molecule has 0 atom stereocenters. The SMILES string of the molecule is C=CC(=O)OCCCCCCCc1ccc(N=Nc2ccccc2)cc1. The van der Waals surface area contributed by atoms with E-state index in [1.165, 1.54) is 18.1 Å². The largest absolute Gasteiger partial charge is 0.463 e. The molecule has 0 saturated carbocycles. The number of carbonyl (C=O) groups excluding carboxylic acids is 1. The van der Waals surface area contributed by atoms with E-state index < -0.39 is 0 Å². The number of carbonyl (C=O) groups is 1. The van der Waals surface area contributed by atoms with Crippen molar-refractivity contribution in [1.29, 1.82) is 0 Å². The molecule has 0 saturated heterocycles. The van der Waals surface area contributed by atoms with Crippen molar-refractivity contribution in [3.8, 4) is 0 Å². The van der Waals surface area contributed by atoms with E-state index in [9.17, 15) is 4.79 Å². The van der Waals surface area contributed by atoms with Crippen LogP contribution in [0.1, 0.15) is 37.7 Å². The summed E-state index contributed by atoms with van der Waals surface area (Å²) in [6.07, 6.45) is 7.79. The van der Waals surface area contributed by atoms with Crippen LogP contribution in [-0.2, 0) is 16.0 Å². The topological polar surface area (TPSA) is 51.0 Å². The van der Waals surface area contributed by atoms with Gasteiger partial charge in [-0.25, -0.2) is 4.79 Å². The predicted octanol–water partition coefficient (Wildman–Crippen LogP) is 6.32. The number of unbranched alkanes of at least 4 members (excludes halogenated alkanes) is 4. The Morgan fingerprint density at radius 2 is 1.46 bits per heavy atom. The highest BCUT2D eigenvalue weighted by atomic mass is 16.5. The van der Waals surface area contributed by atoms with Crippen LogP contribution in [0.2, 0.25) is 0 Å². The van der Waals surface area contributed by atoms with Crippen LogP contribution in [0.25, 0.3) is 0 Å². The van der Waals surface area contributed by atoms with E-state index >= 15 is 0 Å². The standard InChI is InChI=1S/C22H26N2O2/c1-2-22(25)26-18-10-5-3-4-7-11-19-14-16-21(17-15-19)24-23-20-12-8-6-9-13-20/h2,6,8-9,12-17H,1,3-5,7,10-11,18H2. The van der Waals surface area contributed by atoms with Gasteiger partial charge in [-0.2, -0.15) is 10.2 Å². The van der Waals surface area contributed by atoms with E-state index in [0.717, 1.165) is 43.5 Å². The molecular formula is C22H26N2O2. The number of ether oxygens (including phenoxy) is 1. The van der Waals surface area contributed by atoms with Crippen LogP contribution in [0.3, 0.4) is 0 Å². The molecule has 0 amide bonds. The molecule has 0 spiro atoms. The Labute approximate surface area is 155 Å². The molecule has 0 aliphatic carbocycles. The summed E-state index contributed by atoms with van der Waals surface area (Å²) < 4.78 is 4.95. The number of benzene rings is 2. The Bertz CT molecular complexity index is 694. The third kappa shape index (κ3) is 7.88. The van der Waals surface area contributed by atoms with Gasteiger partial charge in [-0.3, -0.25) is 0 Å². The fourth-order valence-corrected chi connectivity index (χ4v) is 2.53. The summed E-state index contributed by atoms with van der Waals surface area (Å²) in [6.45, 7) is 3.86. The van der Waals surface area contributed by atoms with Crippen LogP contribution < -0.4 is 0 Å². The second-order valence-corrected chi connectivity index (χ2v) is 6.09. The van der Waals surface area contributed by atoms with Crippen molar-refractivity contribution in [1.82, 2.24) is 0 Å². The second-order valence-electron chi connectivity index (χ2n) is 6.09. The van der Waals surface area contributed by atoms with E-state index in [4.69, 9.17) is 4.74 Å². The molecule has 0 heterocycles. The van der Waals surface area contributed by atoms with Crippen molar-refractivity contribution < 1.29 is 9.53 Å². The Kier molecular flexibility index (Phi) is 8.84. The highest BCUT2D eigenvalue weighted by Gasteiger charge is 1.97. The van der Waals surface area contributed by atoms with E-state index in [1.807, 2.05) is 42.5 Å². The molecule has 4 nitrogen and oxygen atoms in total. The Morgan fingerprint density at radius 1 is 0.846 bits per heavy atom. The third-order valence-electron chi connectivity index (χ3n) is 3.99. The lowest BCUT2D eigenvalue weighted by atomic mass is 10.1. The summed E-state index contributed by atoms with van der Waals surface area (Å²) in [5.74, 6) is -0.336.